The number of hydrogen-bond acceptors (Lipinski definition) is 4. The Morgan fingerprint density at radius 1 is 1.22 bits per heavy atom. The molecule has 142 valence electrons. The molecule has 0 bridgehead atoms. The van der Waals surface area contributed by atoms with Gasteiger partial charge < -0.3 is 0 Å². The van der Waals surface area contributed by atoms with Crippen molar-refractivity contribution >= 4 is 11.9 Å². The summed E-state index contributed by atoms with van der Waals surface area (Å²) in [5, 5.41) is 0. The lowest BCUT2D eigenvalue weighted by atomic mass is 9.62. The predicted octanol–water partition coefficient (Wildman–Crippen LogP) is 3.44. The summed E-state index contributed by atoms with van der Waals surface area (Å²) in [4.78, 5) is 32.4. The van der Waals surface area contributed by atoms with Crippen LogP contribution in [-0.4, -0.2) is 15.9 Å². The Labute approximate surface area is 158 Å². The van der Waals surface area contributed by atoms with Crippen molar-refractivity contribution in [2.45, 2.75) is 63.7 Å². The molecule has 0 atom stereocenters. The topological polar surface area (TPSA) is 86.9 Å². The van der Waals surface area contributed by atoms with E-state index in [-0.39, 0.29) is 22.8 Å². The largest absolute Gasteiger partial charge is 0.291 e. The maximum absolute atomic E-state index is 13.1. The molecule has 0 radical (unpaired) electrons. The molecular weight excluding hydrogens is 340 g/mol. The molecule has 1 amide bonds. The van der Waals surface area contributed by atoms with Crippen LogP contribution in [0.2, 0.25) is 0 Å². The van der Waals surface area contributed by atoms with E-state index >= 15 is 0 Å². The zero-order chi connectivity index (χ0) is 18.9. The number of nitrogens with one attached hydrogen (secondary N) is 3. The molecule has 0 saturated heterocycles. The van der Waals surface area contributed by atoms with Gasteiger partial charge >= 0.3 is 0 Å². The van der Waals surface area contributed by atoms with Crippen LogP contribution in [0.5, 0.6) is 0 Å². The molecule has 2 aliphatic rings. The molecule has 1 aromatic heterocycles. The first-order valence-corrected chi connectivity index (χ1v) is 9.91. The van der Waals surface area contributed by atoms with E-state index in [1.165, 1.54) is 12.0 Å². The minimum atomic E-state index is -0.123. The highest BCUT2D eigenvalue weighted by Gasteiger charge is 2.42. The van der Waals surface area contributed by atoms with Crippen LogP contribution in [0.3, 0.4) is 0 Å². The number of fused-ring (bicyclic) bond motifs is 4. The Kier molecular flexibility index (Phi) is 4.72. The van der Waals surface area contributed by atoms with E-state index in [9.17, 15) is 9.59 Å². The van der Waals surface area contributed by atoms with Crippen LogP contribution < -0.4 is 16.4 Å². The van der Waals surface area contributed by atoms with Crippen LogP contribution >= 0.6 is 0 Å². The van der Waals surface area contributed by atoms with Crippen LogP contribution in [0, 0.1) is 0 Å². The molecule has 6 nitrogen and oxygen atoms in total. The molecule has 1 saturated carbocycles. The zero-order valence-corrected chi connectivity index (χ0v) is 15.7. The van der Waals surface area contributed by atoms with Crippen molar-refractivity contribution in [2.75, 3.05) is 5.43 Å². The second-order valence-electron chi connectivity index (χ2n) is 7.74. The van der Waals surface area contributed by atoms with Crippen LogP contribution in [-0.2, 0) is 16.6 Å². The van der Waals surface area contributed by atoms with Crippen molar-refractivity contribution in [3.05, 3.63) is 45.7 Å². The quantitative estimate of drug-likeness (QED) is 0.724. The second kappa shape index (κ2) is 7.18. The molecule has 1 fully saturated rings. The smallest absolute Gasteiger partial charge is 0.256 e. The number of hydrogen-bond donors (Lipinski definition) is 3. The van der Waals surface area contributed by atoms with Gasteiger partial charge in [-0.25, -0.2) is 4.98 Å². The Balaban J connectivity index is 1.78. The average Bonchev–Trinajstić information content (AvgIpc) is 2.67. The Morgan fingerprint density at radius 2 is 2.00 bits per heavy atom. The van der Waals surface area contributed by atoms with E-state index in [2.05, 4.69) is 28.0 Å². The number of H-pyrrole nitrogens is 1. The summed E-state index contributed by atoms with van der Waals surface area (Å²) in [6.07, 6.45) is 7.67. The van der Waals surface area contributed by atoms with Crippen molar-refractivity contribution in [3.8, 4) is 11.3 Å². The number of benzene rings is 1. The van der Waals surface area contributed by atoms with Crippen molar-refractivity contribution in [2.24, 2.45) is 0 Å². The van der Waals surface area contributed by atoms with Gasteiger partial charge in [0.15, 0.2) is 0 Å². The number of nitrogens with zero attached hydrogens (tertiary/aromatic N) is 1. The van der Waals surface area contributed by atoms with E-state index in [1.807, 2.05) is 19.1 Å². The molecule has 0 aliphatic heterocycles. The number of carbonyl (C=O) groups is 1. The fraction of sp³-hybridized carbons (Fsp3) is 0.476. The van der Waals surface area contributed by atoms with Crippen LogP contribution in [0.1, 0.15) is 63.0 Å². The number of amides is 1. The van der Waals surface area contributed by atoms with Gasteiger partial charge in [-0.05, 0) is 31.2 Å². The molecule has 1 spiro atoms. The first kappa shape index (κ1) is 17.8. The summed E-state index contributed by atoms with van der Waals surface area (Å²) in [7, 11) is 0. The highest BCUT2D eigenvalue weighted by molar-refractivity contribution is 5.77. The Morgan fingerprint density at radius 3 is 2.78 bits per heavy atom. The lowest BCUT2D eigenvalue weighted by molar-refractivity contribution is -0.120. The van der Waals surface area contributed by atoms with Gasteiger partial charge in [0.1, 0.15) is 0 Å². The number of aromatic amines is 1. The first-order valence-electron chi connectivity index (χ1n) is 9.91. The number of carbonyl (C=O) groups excluding carboxylic acids is 1. The minimum Gasteiger partial charge on any atom is -0.291 e. The van der Waals surface area contributed by atoms with Crippen molar-refractivity contribution in [3.63, 3.8) is 0 Å². The van der Waals surface area contributed by atoms with E-state index in [4.69, 9.17) is 4.98 Å². The fourth-order valence-corrected chi connectivity index (χ4v) is 4.65. The van der Waals surface area contributed by atoms with Crippen LogP contribution in [0.4, 0.5) is 5.95 Å². The van der Waals surface area contributed by atoms with E-state index < -0.39 is 0 Å². The minimum absolute atomic E-state index is 0.0938. The third kappa shape index (κ3) is 3.24. The first-order chi connectivity index (χ1) is 13.1. The van der Waals surface area contributed by atoms with Crippen molar-refractivity contribution < 1.29 is 4.79 Å². The summed E-state index contributed by atoms with van der Waals surface area (Å²) >= 11 is 0. The highest BCUT2D eigenvalue weighted by atomic mass is 16.2. The molecule has 6 heteroatoms. The monoisotopic (exact) mass is 366 g/mol. The van der Waals surface area contributed by atoms with Gasteiger partial charge in [0.25, 0.3) is 5.56 Å². The van der Waals surface area contributed by atoms with Gasteiger partial charge in [0.05, 0.1) is 11.3 Å². The molecular formula is C21H26N4O2. The highest BCUT2D eigenvalue weighted by Crippen LogP contribution is 2.48. The van der Waals surface area contributed by atoms with Gasteiger partial charge in [-0.1, -0.05) is 50.5 Å². The zero-order valence-electron chi connectivity index (χ0n) is 15.7. The van der Waals surface area contributed by atoms with E-state index in [1.54, 1.807) is 0 Å². The Hall–Kier alpha value is -2.63. The van der Waals surface area contributed by atoms with Crippen molar-refractivity contribution in [1.82, 2.24) is 15.4 Å². The fourth-order valence-electron chi connectivity index (χ4n) is 4.65. The summed E-state index contributed by atoms with van der Waals surface area (Å²) in [6.45, 7) is 1.94. The maximum atomic E-state index is 13.1. The van der Waals surface area contributed by atoms with Crippen LogP contribution in [0.15, 0.2) is 29.1 Å². The molecule has 2 aliphatic carbocycles. The SMILES string of the molecule is CCCC(=O)NNc1nc2c(c(=O)[nH]1)C1(CCCCC1)Cc1ccccc1-2. The summed E-state index contributed by atoms with van der Waals surface area (Å²) in [5.74, 6) is 0.160. The van der Waals surface area contributed by atoms with E-state index in [0.717, 1.165) is 55.3 Å². The number of rotatable bonds is 4. The molecule has 3 N–H and O–H groups in total. The second-order valence-corrected chi connectivity index (χ2v) is 7.74. The average molecular weight is 366 g/mol. The molecule has 0 unspecified atom stereocenters. The summed E-state index contributed by atoms with van der Waals surface area (Å²) in [6, 6.07) is 8.22. The molecule has 2 aromatic rings. The number of aromatic nitrogens is 2. The summed E-state index contributed by atoms with van der Waals surface area (Å²) in [5.41, 5.74) is 9.04. The molecule has 1 heterocycles. The molecule has 27 heavy (non-hydrogen) atoms. The standard InChI is InChI=1S/C21H26N4O2/c1-2-8-16(26)24-25-20-22-18-15-10-5-4-9-14(15)13-21(11-6-3-7-12-21)17(18)19(27)23-20/h4-5,9-10H,2-3,6-8,11-13H2,1H3,(H,24,26)(H2,22,23,25,27). The number of hydrazine groups is 1. The molecule has 4 rings (SSSR count). The lowest BCUT2D eigenvalue weighted by Crippen LogP contribution is -2.41. The van der Waals surface area contributed by atoms with Gasteiger partial charge in [0.2, 0.25) is 11.9 Å². The third-order valence-electron chi connectivity index (χ3n) is 5.86. The van der Waals surface area contributed by atoms with Gasteiger partial charge in [-0.2, -0.15) is 0 Å². The van der Waals surface area contributed by atoms with Gasteiger partial charge in [-0.3, -0.25) is 25.4 Å². The maximum Gasteiger partial charge on any atom is 0.256 e. The van der Waals surface area contributed by atoms with Gasteiger partial charge in [0, 0.05) is 17.4 Å². The normalized spacial score (nSPS) is 17.1. The third-order valence-corrected chi connectivity index (χ3v) is 5.86. The predicted molar refractivity (Wildman–Crippen MR) is 105 cm³/mol. The van der Waals surface area contributed by atoms with Crippen molar-refractivity contribution in [1.29, 1.82) is 0 Å². The Bertz CT molecular complexity index is 913. The lowest BCUT2D eigenvalue weighted by Gasteiger charge is -2.41. The summed E-state index contributed by atoms with van der Waals surface area (Å²) < 4.78 is 0. The van der Waals surface area contributed by atoms with Gasteiger partial charge in [-0.15, -0.1) is 0 Å². The number of anilines is 1. The molecule has 1 aromatic carbocycles. The van der Waals surface area contributed by atoms with E-state index in [0.29, 0.717) is 6.42 Å². The van der Waals surface area contributed by atoms with Crippen LogP contribution in [0.25, 0.3) is 11.3 Å².